The third-order valence-corrected chi connectivity index (χ3v) is 4.19. The van der Waals surface area contributed by atoms with E-state index in [4.69, 9.17) is 0 Å². The van der Waals surface area contributed by atoms with Crippen molar-refractivity contribution in [2.45, 2.75) is 24.9 Å². The fraction of sp³-hybridized carbons (Fsp3) is 0.417. The molecule has 1 saturated carbocycles. The van der Waals surface area contributed by atoms with Gasteiger partial charge in [-0.2, -0.15) is 0 Å². The molecular weight excluding hydrogens is 350 g/mol. The third-order valence-electron chi connectivity index (χ3n) is 3.04. The molecular formula is C12H13Br2NO2. The topological polar surface area (TPSA) is 49.3 Å². The predicted octanol–water partition coefficient (Wildman–Crippen LogP) is 2.86. The van der Waals surface area contributed by atoms with E-state index in [1.165, 1.54) is 0 Å². The monoisotopic (exact) mass is 361 g/mol. The molecule has 2 rings (SSSR count). The van der Waals surface area contributed by atoms with Crippen LogP contribution >= 0.6 is 31.9 Å². The van der Waals surface area contributed by atoms with E-state index >= 15 is 0 Å². The lowest BCUT2D eigenvalue weighted by molar-refractivity contribution is -0.0300. The van der Waals surface area contributed by atoms with Gasteiger partial charge >= 0.3 is 0 Å². The van der Waals surface area contributed by atoms with Crippen LogP contribution in [-0.4, -0.2) is 23.2 Å². The Hall–Kier alpha value is -0.390. The zero-order valence-corrected chi connectivity index (χ0v) is 12.3. The summed E-state index contributed by atoms with van der Waals surface area (Å²) in [5.41, 5.74) is -0.103. The maximum absolute atomic E-state index is 11.9. The number of carbonyl (C=O) groups is 1. The van der Waals surface area contributed by atoms with Crippen LogP contribution < -0.4 is 5.32 Å². The molecule has 0 unspecified atom stereocenters. The second kappa shape index (κ2) is 5.08. The number of rotatable bonds is 3. The minimum atomic E-state index is -0.683. The molecule has 2 N–H and O–H groups in total. The highest BCUT2D eigenvalue weighted by atomic mass is 79.9. The summed E-state index contributed by atoms with van der Waals surface area (Å²) < 4.78 is 1.66. The lowest BCUT2D eigenvalue weighted by Crippen LogP contribution is -2.47. The van der Waals surface area contributed by atoms with E-state index in [2.05, 4.69) is 37.2 Å². The lowest BCUT2D eigenvalue weighted by atomic mass is 9.80. The normalized spacial score (nSPS) is 17.4. The molecule has 92 valence electrons. The van der Waals surface area contributed by atoms with E-state index in [1.54, 1.807) is 6.07 Å². The summed E-state index contributed by atoms with van der Waals surface area (Å²) in [6.07, 6.45) is 2.58. The molecule has 0 atom stereocenters. The Morgan fingerprint density at radius 3 is 2.65 bits per heavy atom. The van der Waals surface area contributed by atoms with Gasteiger partial charge in [-0.3, -0.25) is 4.79 Å². The zero-order chi connectivity index (χ0) is 12.5. The molecule has 1 aromatic carbocycles. The van der Waals surface area contributed by atoms with E-state index in [1.807, 2.05) is 12.1 Å². The van der Waals surface area contributed by atoms with Crippen molar-refractivity contribution < 1.29 is 9.90 Å². The quantitative estimate of drug-likeness (QED) is 0.868. The molecule has 0 saturated heterocycles. The number of halogens is 2. The molecule has 0 heterocycles. The van der Waals surface area contributed by atoms with E-state index < -0.39 is 5.60 Å². The maximum atomic E-state index is 11.9. The van der Waals surface area contributed by atoms with Crippen molar-refractivity contribution in [2.75, 3.05) is 6.54 Å². The molecule has 1 aliphatic carbocycles. The molecule has 0 bridgehead atoms. The Morgan fingerprint density at radius 1 is 1.41 bits per heavy atom. The van der Waals surface area contributed by atoms with Crippen LogP contribution in [0.1, 0.15) is 29.6 Å². The Kier molecular flexibility index (Phi) is 3.90. The minimum absolute atomic E-state index is 0.162. The molecule has 17 heavy (non-hydrogen) atoms. The molecule has 1 aromatic rings. The lowest BCUT2D eigenvalue weighted by Gasteiger charge is -2.36. The van der Waals surface area contributed by atoms with E-state index in [9.17, 15) is 9.90 Å². The molecule has 1 amide bonds. The maximum Gasteiger partial charge on any atom is 0.252 e. The van der Waals surface area contributed by atoms with Gasteiger partial charge in [0.2, 0.25) is 0 Å². The molecule has 1 fully saturated rings. The van der Waals surface area contributed by atoms with Crippen LogP contribution in [0, 0.1) is 0 Å². The van der Waals surface area contributed by atoms with Crippen molar-refractivity contribution in [1.29, 1.82) is 0 Å². The first-order valence-corrected chi connectivity index (χ1v) is 7.04. The van der Waals surface area contributed by atoms with Gasteiger partial charge in [0, 0.05) is 15.5 Å². The molecule has 0 aliphatic heterocycles. The number of carbonyl (C=O) groups excluding carboxylic acids is 1. The Balaban J connectivity index is 1.99. The minimum Gasteiger partial charge on any atom is -0.388 e. The van der Waals surface area contributed by atoms with Crippen molar-refractivity contribution in [3.63, 3.8) is 0 Å². The van der Waals surface area contributed by atoms with Gasteiger partial charge in [-0.05, 0) is 53.4 Å². The van der Waals surface area contributed by atoms with Gasteiger partial charge in [0.05, 0.1) is 11.2 Å². The van der Waals surface area contributed by atoms with Gasteiger partial charge in [-0.15, -0.1) is 0 Å². The number of benzene rings is 1. The van der Waals surface area contributed by atoms with Crippen LogP contribution in [0.25, 0.3) is 0 Å². The van der Waals surface area contributed by atoms with Crippen LogP contribution in [0.5, 0.6) is 0 Å². The van der Waals surface area contributed by atoms with Crippen LogP contribution in [0.4, 0.5) is 0 Å². The summed E-state index contributed by atoms with van der Waals surface area (Å²) in [7, 11) is 0. The van der Waals surface area contributed by atoms with E-state index in [0.717, 1.165) is 28.2 Å². The number of aliphatic hydroxyl groups is 1. The number of nitrogens with one attached hydrogen (secondary N) is 1. The highest BCUT2D eigenvalue weighted by molar-refractivity contribution is 9.11. The second-order valence-electron chi connectivity index (χ2n) is 4.38. The van der Waals surface area contributed by atoms with E-state index in [-0.39, 0.29) is 5.91 Å². The average Bonchev–Trinajstić information content (AvgIpc) is 2.23. The van der Waals surface area contributed by atoms with Crippen molar-refractivity contribution in [3.8, 4) is 0 Å². The summed E-state index contributed by atoms with van der Waals surface area (Å²) in [6, 6.07) is 5.39. The Labute approximate surface area is 117 Å². The smallest absolute Gasteiger partial charge is 0.252 e. The first-order valence-electron chi connectivity index (χ1n) is 5.46. The van der Waals surface area contributed by atoms with Gasteiger partial charge in [0.25, 0.3) is 5.91 Å². The Bertz CT molecular complexity index is 444. The fourth-order valence-corrected chi connectivity index (χ4v) is 3.00. The van der Waals surface area contributed by atoms with Crippen LogP contribution in [0.3, 0.4) is 0 Å². The molecule has 3 nitrogen and oxygen atoms in total. The zero-order valence-electron chi connectivity index (χ0n) is 9.17. The first kappa shape index (κ1) is 13.1. The number of amides is 1. The number of hydrogen-bond donors (Lipinski definition) is 2. The molecule has 0 aromatic heterocycles. The molecule has 5 heteroatoms. The second-order valence-corrected chi connectivity index (χ2v) is 6.15. The number of hydrogen-bond acceptors (Lipinski definition) is 2. The van der Waals surface area contributed by atoms with Crippen molar-refractivity contribution in [2.24, 2.45) is 0 Å². The van der Waals surface area contributed by atoms with E-state index in [0.29, 0.717) is 12.1 Å². The molecule has 0 spiro atoms. The fourth-order valence-electron chi connectivity index (χ4n) is 1.78. The van der Waals surface area contributed by atoms with Crippen LogP contribution in [0.2, 0.25) is 0 Å². The van der Waals surface area contributed by atoms with Gasteiger partial charge in [-0.1, -0.05) is 15.9 Å². The van der Waals surface area contributed by atoms with Gasteiger partial charge in [0.15, 0.2) is 0 Å². The largest absolute Gasteiger partial charge is 0.388 e. The highest BCUT2D eigenvalue weighted by Gasteiger charge is 2.34. The predicted molar refractivity (Wildman–Crippen MR) is 73.0 cm³/mol. The van der Waals surface area contributed by atoms with Crippen LogP contribution in [-0.2, 0) is 0 Å². The first-order chi connectivity index (χ1) is 8.00. The third kappa shape index (κ3) is 3.09. The van der Waals surface area contributed by atoms with Gasteiger partial charge in [-0.25, -0.2) is 0 Å². The average molecular weight is 363 g/mol. The summed E-state index contributed by atoms with van der Waals surface area (Å²) in [5, 5.41) is 12.7. The van der Waals surface area contributed by atoms with Crippen molar-refractivity contribution in [1.82, 2.24) is 5.32 Å². The molecule has 1 aliphatic rings. The van der Waals surface area contributed by atoms with Crippen molar-refractivity contribution >= 4 is 37.8 Å². The van der Waals surface area contributed by atoms with Gasteiger partial charge in [0.1, 0.15) is 0 Å². The summed E-state index contributed by atoms with van der Waals surface area (Å²) in [5.74, 6) is -0.162. The van der Waals surface area contributed by atoms with Crippen LogP contribution in [0.15, 0.2) is 27.1 Å². The summed E-state index contributed by atoms with van der Waals surface area (Å²) >= 11 is 6.68. The summed E-state index contributed by atoms with van der Waals surface area (Å²) in [4.78, 5) is 11.9. The SMILES string of the molecule is O=C(NCC1(O)CCC1)c1ccc(Br)cc1Br. The standard InChI is InChI=1S/C12H13Br2NO2/c13-8-2-3-9(10(14)6-8)11(16)15-7-12(17)4-1-5-12/h2-3,6,17H,1,4-5,7H2,(H,15,16). The summed E-state index contributed by atoms with van der Waals surface area (Å²) in [6.45, 7) is 0.328. The molecule has 0 radical (unpaired) electrons. The van der Waals surface area contributed by atoms with Gasteiger partial charge < -0.3 is 10.4 Å². The Morgan fingerprint density at radius 2 is 2.12 bits per heavy atom. The highest BCUT2D eigenvalue weighted by Crippen LogP contribution is 2.30. The van der Waals surface area contributed by atoms with Crippen molar-refractivity contribution in [3.05, 3.63) is 32.7 Å².